The Bertz CT molecular complexity index is 844. The van der Waals surface area contributed by atoms with E-state index in [4.69, 9.17) is 0 Å². The smallest absolute Gasteiger partial charge is 0.273 e. The lowest BCUT2D eigenvalue weighted by molar-refractivity contribution is -0.135. The van der Waals surface area contributed by atoms with Gasteiger partial charge in [0.15, 0.2) is 5.69 Å². The Morgan fingerprint density at radius 3 is 2.70 bits per heavy atom. The van der Waals surface area contributed by atoms with Gasteiger partial charge in [-0.3, -0.25) is 14.3 Å². The van der Waals surface area contributed by atoms with Crippen LogP contribution in [0.3, 0.4) is 0 Å². The fourth-order valence-corrected chi connectivity index (χ4v) is 3.91. The van der Waals surface area contributed by atoms with E-state index in [1.807, 2.05) is 13.8 Å². The van der Waals surface area contributed by atoms with Crippen LogP contribution in [0.2, 0.25) is 0 Å². The van der Waals surface area contributed by atoms with Crippen LogP contribution in [0.1, 0.15) is 67.6 Å². The van der Waals surface area contributed by atoms with Crippen molar-refractivity contribution in [3.63, 3.8) is 0 Å². The molecule has 0 bridgehead atoms. The van der Waals surface area contributed by atoms with Crippen molar-refractivity contribution < 1.29 is 9.59 Å². The lowest BCUT2D eigenvalue weighted by Gasteiger charge is -2.36. The summed E-state index contributed by atoms with van der Waals surface area (Å²) in [6, 6.07) is 8.68. The minimum absolute atomic E-state index is 0.0596. The number of hydrogen-bond donors (Lipinski definition) is 1. The SMILES string of the molecule is Cc1ccc(CCC(=O)N2CCCCC2CCn2cc(C(=O)NC(C)C)nn2)cc1. The molecule has 1 saturated heterocycles. The molecule has 0 aliphatic carbocycles. The molecule has 30 heavy (non-hydrogen) atoms. The van der Waals surface area contributed by atoms with E-state index in [-0.39, 0.29) is 23.9 Å². The molecule has 1 aliphatic heterocycles. The molecule has 0 spiro atoms. The largest absolute Gasteiger partial charge is 0.348 e. The first kappa shape index (κ1) is 22.0. The van der Waals surface area contributed by atoms with E-state index in [1.54, 1.807) is 10.9 Å². The second-order valence-corrected chi connectivity index (χ2v) is 8.51. The van der Waals surface area contributed by atoms with Crippen LogP contribution in [0.5, 0.6) is 0 Å². The molecule has 1 fully saturated rings. The number of nitrogens with one attached hydrogen (secondary N) is 1. The molecular weight excluding hydrogens is 378 g/mol. The van der Waals surface area contributed by atoms with Crippen LogP contribution in [0.4, 0.5) is 0 Å². The average molecular weight is 412 g/mol. The van der Waals surface area contributed by atoms with Gasteiger partial charge in [0.05, 0.1) is 6.20 Å². The summed E-state index contributed by atoms with van der Waals surface area (Å²) in [6.45, 7) is 7.37. The minimum atomic E-state index is -0.207. The summed E-state index contributed by atoms with van der Waals surface area (Å²) in [5.74, 6) is 0.0256. The van der Waals surface area contributed by atoms with Crippen LogP contribution in [-0.4, -0.2) is 50.3 Å². The molecule has 0 saturated carbocycles. The number of carbonyl (C=O) groups is 2. The molecule has 7 heteroatoms. The second-order valence-electron chi connectivity index (χ2n) is 8.51. The molecule has 0 radical (unpaired) electrons. The van der Waals surface area contributed by atoms with E-state index in [1.165, 1.54) is 11.1 Å². The summed E-state index contributed by atoms with van der Waals surface area (Å²) >= 11 is 0. The van der Waals surface area contributed by atoms with Crippen LogP contribution in [0.25, 0.3) is 0 Å². The van der Waals surface area contributed by atoms with Gasteiger partial charge in [-0.1, -0.05) is 35.0 Å². The van der Waals surface area contributed by atoms with E-state index in [2.05, 4.69) is 51.7 Å². The Morgan fingerprint density at radius 2 is 1.97 bits per heavy atom. The highest BCUT2D eigenvalue weighted by Gasteiger charge is 2.26. The fourth-order valence-electron chi connectivity index (χ4n) is 3.91. The van der Waals surface area contributed by atoms with Gasteiger partial charge >= 0.3 is 0 Å². The van der Waals surface area contributed by atoms with E-state index in [0.717, 1.165) is 38.6 Å². The number of piperidine rings is 1. The first-order valence-electron chi connectivity index (χ1n) is 11.0. The van der Waals surface area contributed by atoms with Crippen LogP contribution in [-0.2, 0) is 17.8 Å². The predicted molar refractivity (Wildman–Crippen MR) is 116 cm³/mol. The highest BCUT2D eigenvalue weighted by molar-refractivity contribution is 5.91. The van der Waals surface area contributed by atoms with Crippen LogP contribution in [0, 0.1) is 6.92 Å². The number of aromatic nitrogens is 3. The van der Waals surface area contributed by atoms with Gasteiger partial charge in [0.1, 0.15) is 0 Å². The molecule has 1 unspecified atom stereocenters. The van der Waals surface area contributed by atoms with Gasteiger partial charge in [-0.05, 0) is 58.4 Å². The van der Waals surface area contributed by atoms with Crippen LogP contribution in [0.15, 0.2) is 30.5 Å². The lowest BCUT2D eigenvalue weighted by Crippen LogP contribution is -2.44. The number of aryl methyl sites for hydroxylation is 3. The van der Waals surface area contributed by atoms with Gasteiger partial charge in [0, 0.05) is 31.6 Å². The molecule has 3 rings (SSSR count). The number of amides is 2. The summed E-state index contributed by atoms with van der Waals surface area (Å²) < 4.78 is 1.71. The number of nitrogens with zero attached hydrogens (tertiary/aromatic N) is 4. The van der Waals surface area contributed by atoms with E-state index in [0.29, 0.717) is 18.7 Å². The number of hydrogen-bond acceptors (Lipinski definition) is 4. The average Bonchev–Trinajstić information content (AvgIpc) is 3.21. The zero-order chi connectivity index (χ0) is 21.5. The Balaban J connectivity index is 1.52. The maximum Gasteiger partial charge on any atom is 0.273 e. The fraction of sp³-hybridized carbons (Fsp3) is 0.565. The normalized spacial score (nSPS) is 16.7. The maximum atomic E-state index is 12.9. The van der Waals surface area contributed by atoms with Gasteiger partial charge in [-0.15, -0.1) is 5.10 Å². The quantitative estimate of drug-likeness (QED) is 0.724. The second kappa shape index (κ2) is 10.4. The van der Waals surface area contributed by atoms with E-state index < -0.39 is 0 Å². The molecule has 1 N–H and O–H groups in total. The summed E-state index contributed by atoms with van der Waals surface area (Å²) in [7, 11) is 0. The molecule has 1 aromatic heterocycles. The zero-order valence-electron chi connectivity index (χ0n) is 18.3. The first-order chi connectivity index (χ1) is 14.4. The third-order valence-corrected chi connectivity index (χ3v) is 5.58. The summed E-state index contributed by atoms with van der Waals surface area (Å²) in [5, 5.41) is 10.9. The number of benzene rings is 1. The van der Waals surface area contributed by atoms with Crippen molar-refractivity contribution in [1.29, 1.82) is 0 Å². The highest BCUT2D eigenvalue weighted by Crippen LogP contribution is 2.22. The van der Waals surface area contributed by atoms with Crippen molar-refractivity contribution in [1.82, 2.24) is 25.2 Å². The third-order valence-electron chi connectivity index (χ3n) is 5.58. The topological polar surface area (TPSA) is 80.1 Å². The third kappa shape index (κ3) is 6.15. The molecule has 1 atom stereocenters. The standard InChI is InChI=1S/C23H33N5O2/c1-17(2)24-23(30)21-16-27(26-25-21)15-13-20-6-4-5-14-28(20)22(29)12-11-19-9-7-18(3)8-10-19/h7-10,16-17,20H,4-6,11-15H2,1-3H3,(H,24,30). The first-order valence-corrected chi connectivity index (χ1v) is 11.0. The highest BCUT2D eigenvalue weighted by atomic mass is 16.2. The van der Waals surface area contributed by atoms with Crippen molar-refractivity contribution >= 4 is 11.8 Å². The van der Waals surface area contributed by atoms with Crippen molar-refractivity contribution in [2.45, 2.75) is 77.9 Å². The molecular formula is C23H33N5O2. The zero-order valence-corrected chi connectivity index (χ0v) is 18.3. The van der Waals surface area contributed by atoms with Gasteiger partial charge < -0.3 is 10.2 Å². The molecule has 2 heterocycles. The maximum absolute atomic E-state index is 12.9. The van der Waals surface area contributed by atoms with Crippen LogP contribution >= 0.6 is 0 Å². The molecule has 2 aromatic rings. The van der Waals surface area contributed by atoms with E-state index >= 15 is 0 Å². The summed E-state index contributed by atoms with van der Waals surface area (Å²) in [5.41, 5.74) is 2.77. The molecule has 2 amide bonds. The van der Waals surface area contributed by atoms with Crippen molar-refractivity contribution in [3.05, 3.63) is 47.3 Å². The van der Waals surface area contributed by atoms with Crippen molar-refractivity contribution in [2.75, 3.05) is 6.54 Å². The Labute approximate surface area is 178 Å². The molecule has 1 aromatic carbocycles. The minimum Gasteiger partial charge on any atom is -0.348 e. The van der Waals surface area contributed by atoms with Crippen molar-refractivity contribution in [2.24, 2.45) is 0 Å². The van der Waals surface area contributed by atoms with Gasteiger partial charge in [-0.25, -0.2) is 0 Å². The van der Waals surface area contributed by atoms with E-state index in [9.17, 15) is 9.59 Å². The summed E-state index contributed by atoms with van der Waals surface area (Å²) in [4.78, 5) is 27.0. The van der Waals surface area contributed by atoms with Gasteiger partial charge in [0.2, 0.25) is 5.91 Å². The Hall–Kier alpha value is -2.70. The number of carbonyl (C=O) groups excluding carboxylic acids is 2. The number of likely N-dealkylation sites (tertiary alicyclic amines) is 1. The van der Waals surface area contributed by atoms with Gasteiger partial charge in [0.25, 0.3) is 5.91 Å². The van der Waals surface area contributed by atoms with Crippen LogP contribution < -0.4 is 5.32 Å². The van der Waals surface area contributed by atoms with Gasteiger partial charge in [-0.2, -0.15) is 0 Å². The Kier molecular flexibility index (Phi) is 7.60. The molecule has 7 nitrogen and oxygen atoms in total. The van der Waals surface area contributed by atoms with Crippen molar-refractivity contribution in [3.8, 4) is 0 Å². The Morgan fingerprint density at radius 1 is 1.20 bits per heavy atom. The molecule has 162 valence electrons. The summed E-state index contributed by atoms with van der Waals surface area (Å²) in [6.07, 6.45) is 7.06. The predicted octanol–water partition coefficient (Wildman–Crippen LogP) is 3.13. The number of rotatable bonds is 8. The lowest BCUT2D eigenvalue weighted by atomic mass is 9.98. The molecule has 1 aliphatic rings. The monoisotopic (exact) mass is 411 g/mol.